The fourth-order valence-corrected chi connectivity index (χ4v) is 11.8. The topological polar surface area (TPSA) is 43.5 Å². The number of rotatable bonds is 6. The third-order valence-electron chi connectivity index (χ3n) is 15.0. The van der Waals surface area contributed by atoms with E-state index in [1.54, 1.807) is 0 Å². The lowest BCUT2D eigenvalue weighted by Gasteiger charge is -2.19. The summed E-state index contributed by atoms with van der Waals surface area (Å²) in [6, 6.07) is 92.1. The molecule has 0 atom stereocenters. The average molecular weight is 916 g/mol. The molecule has 72 heavy (non-hydrogen) atoms. The molecule has 4 aromatic heterocycles. The van der Waals surface area contributed by atoms with Crippen molar-refractivity contribution in [2.75, 3.05) is 0 Å². The van der Waals surface area contributed by atoms with E-state index in [-0.39, 0.29) is 0 Å². The molecule has 0 spiro atoms. The summed E-state index contributed by atoms with van der Waals surface area (Å²) < 4.78 is 9.47. The van der Waals surface area contributed by atoms with Crippen LogP contribution in [0.3, 0.4) is 0 Å². The van der Waals surface area contributed by atoms with Gasteiger partial charge in [-0.05, 0) is 113 Å². The Kier molecular flexibility index (Phi) is 8.66. The van der Waals surface area contributed by atoms with Crippen molar-refractivity contribution in [2.45, 2.75) is 0 Å². The number of benzene rings is 11. The van der Waals surface area contributed by atoms with Gasteiger partial charge in [-0.3, -0.25) is 0 Å². The van der Waals surface area contributed by atoms with Crippen LogP contribution in [0.2, 0.25) is 0 Å². The van der Waals surface area contributed by atoms with E-state index in [4.69, 9.17) is 0 Å². The lowest BCUT2D eigenvalue weighted by Crippen LogP contribution is -2.05. The first-order valence-electron chi connectivity index (χ1n) is 24.5. The van der Waals surface area contributed by atoms with Gasteiger partial charge in [-0.25, -0.2) is 0 Å². The number of hydrogen-bond donors (Lipinski definition) is 0. The molecule has 15 rings (SSSR count). The van der Waals surface area contributed by atoms with Gasteiger partial charge in [-0.1, -0.05) is 158 Å². The van der Waals surface area contributed by atoms with Gasteiger partial charge in [0.05, 0.1) is 55.5 Å². The van der Waals surface area contributed by atoms with Crippen molar-refractivity contribution in [3.05, 3.63) is 254 Å². The Bertz CT molecular complexity index is 4480. The first-order chi connectivity index (χ1) is 35.7. The molecule has 5 nitrogen and oxygen atoms in total. The molecule has 0 unspecified atom stereocenters. The van der Waals surface area contributed by atoms with Crippen LogP contribution in [0.4, 0.5) is 0 Å². The van der Waals surface area contributed by atoms with Gasteiger partial charge < -0.3 is 18.3 Å². The SMILES string of the molecule is N#Cc1c(-n2c3ccccc3c3cc4c(cc32)c2ccccc2n4-c2ccccc2)cc(-c2cccc(-c3ccccc3)c2)cc1-n1c2ccccc2c2cc3c(cc21)c1ccccc1n3-c1ccccc1. The standard InChI is InChI=1S/C67H41N5/c68-42-57-62(71-60-33-16-12-29-51(60)55-38-64-53(40-66(55)71)49-27-10-14-31-58(49)69(64)47-23-6-2-7-24-47)36-46(45-22-18-21-44(35-45)43-19-4-1-5-20-43)37-63(57)72-61-34-17-13-30-52(61)56-39-65-54(41-67(56)72)50-28-11-15-32-59(50)70(65)48-25-8-3-9-26-48/h1-41H. The molecule has 11 aromatic carbocycles. The minimum atomic E-state index is 0.585. The number of aromatic nitrogens is 4. The van der Waals surface area contributed by atoms with Crippen LogP contribution in [-0.2, 0) is 0 Å². The van der Waals surface area contributed by atoms with Crippen LogP contribution >= 0.6 is 0 Å². The molecule has 0 aliphatic heterocycles. The third kappa shape index (κ3) is 5.81. The highest BCUT2D eigenvalue weighted by Crippen LogP contribution is 2.45. The molecule has 5 heteroatoms. The third-order valence-corrected chi connectivity index (χ3v) is 15.0. The van der Waals surface area contributed by atoms with Gasteiger partial charge in [0.15, 0.2) is 0 Å². The Morgan fingerprint density at radius 1 is 0.236 bits per heavy atom. The van der Waals surface area contributed by atoms with Gasteiger partial charge in [-0.2, -0.15) is 5.26 Å². The lowest BCUT2D eigenvalue weighted by molar-refractivity contribution is 1.12. The molecule has 0 amide bonds. The summed E-state index contributed by atoms with van der Waals surface area (Å²) >= 11 is 0. The second-order valence-electron chi connectivity index (χ2n) is 18.8. The summed E-state index contributed by atoms with van der Waals surface area (Å²) in [5.74, 6) is 0. The predicted octanol–water partition coefficient (Wildman–Crippen LogP) is 17.3. The lowest BCUT2D eigenvalue weighted by atomic mass is 9.96. The number of fused-ring (bicyclic) bond motifs is 12. The van der Waals surface area contributed by atoms with Crippen molar-refractivity contribution in [2.24, 2.45) is 0 Å². The van der Waals surface area contributed by atoms with Gasteiger partial charge >= 0.3 is 0 Å². The van der Waals surface area contributed by atoms with E-state index in [0.29, 0.717) is 5.56 Å². The smallest absolute Gasteiger partial charge is 0.104 e. The van der Waals surface area contributed by atoms with Gasteiger partial charge in [0.25, 0.3) is 0 Å². The zero-order valence-electron chi connectivity index (χ0n) is 38.9. The van der Waals surface area contributed by atoms with Gasteiger partial charge in [0.1, 0.15) is 11.6 Å². The number of hydrogen-bond acceptors (Lipinski definition) is 1. The first-order valence-corrected chi connectivity index (χ1v) is 24.5. The van der Waals surface area contributed by atoms with Crippen molar-refractivity contribution in [3.8, 4) is 51.1 Å². The second-order valence-corrected chi connectivity index (χ2v) is 18.8. The molecular weight excluding hydrogens is 875 g/mol. The number of nitrogens with zero attached hydrogens (tertiary/aromatic N) is 5. The van der Waals surface area contributed by atoms with E-state index in [2.05, 4.69) is 273 Å². The summed E-state index contributed by atoms with van der Waals surface area (Å²) in [5.41, 5.74) is 17.5. The maximum atomic E-state index is 11.9. The number of para-hydroxylation sites is 6. The highest BCUT2D eigenvalue weighted by atomic mass is 15.0. The quantitative estimate of drug-likeness (QED) is 0.164. The molecule has 0 aliphatic carbocycles. The van der Waals surface area contributed by atoms with Crippen LogP contribution in [0.25, 0.3) is 132 Å². The normalized spacial score (nSPS) is 11.9. The zero-order chi connectivity index (χ0) is 47.4. The zero-order valence-corrected chi connectivity index (χ0v) is 38.9. The van der Waals surface area contributed by atoms with Gasteiger partial charge in [0, 0.05) is 54.5 Å². The van der Waals surface area contributed by atoms with Crippen LogP contribution in [0.5, 0.6) is 0 Å². The Hall–Kier alpha value is -9.89. The van der Waals surface area contributed by atoms with E-state index in [1.807, 2.05) is 0 Å². The second kappa shape index (κ2) is 15.6. The van der Waals surface area contributed by atoms with Gasteiger partial charge in [-0.15, -0.1) is 0 Å². The summed E-state index contributed by atoms with van der Waals surface area (Å²) in [6.45, 7) is 0. The van der Waals surface area contributed by atoms with E-state index < -0.39 is 0 Å². The fourth-order valence-electron chi connectivity index (χ4n) is 11.8. The fraction of sp³-hybridized carbons (Fsp3) is 0. The number of nitriles is 1. The van der Waals surface area contributed by atoms with Gasteiger partial charge in [0.2, 0.25) is 0 Å². The summed E-state index contributed by atoms with van der Waals surface area (Å²) in [7, 11) is 0. The van der Waals surface area contributed by atoms with E-state index >= 15 is 0 Å². The Morgan fingerprint density at radius 2 is 0.556 bits per heavy atom. The van der Waals surface area contributed by atoms with E-state index in [0.717, 1.165) is 121 Å². The molecule has 0 N–H and O–H groups in total. The molecule has 0 saturated heterocycles. The minimum Gasteiger partial charge on any atom is -0.309 e. The average Bonchev–Trinajstić information content (AvgIpc) is 4.17. The Labute approximate surface area is 414 Å². The molecule has 0 fully saturated rings. The highest BCUT2D eigenvalue weighted by Gasteiger charge is 2.25. The molecule has 0 saturated carbocycles. The Morgan fingerprint density at radius 3 is 0.958 bits per heavy atom. The molecular formula is C67H41N5. The van der Waals surface area contributed by atoms with E-state index in [9.17, 15) is 5.26 Å². The van der Waals surface area contributed by atoms with Crippen molar-refractivity contribution >= 4 is 87.2 Å². The largest absolute Gasteiger partial charge is 0.309 e. The van der Waals surface area contributed by atoms with Crippen molar-refractivity contribution in [1.82, 2.24) is 18.3 Å². The minimum absolute atomic E-state index is 0.585. The molecule has 334 valence electrons. The molecule has 0 bridgehead atoms. The molecule has 15 aromatic rings. The maximum Gasteiger partial charge on any atom is 0.104 e. The molecule has 0 radical (unpaired) electrons. The van der Waals surface area contributed by atoms with Crippen molar-refractivity contribution in [3.63, 3.8) is 0 Å². The van der Waals surface area contributed by atoms with Crippen LogP contribution in [0, 0.1) is 11.3 Å². The monoisotopic (exact) mass is 915 g/mol. The predicted molar refractivity (Wildman–Crippen MR) is 299 cm³/mol. The van der Waals surface area contributed by atoms with Crippen LogP contribution in [-0.4, -0.2) is 18.3 Å². The highest BCUT2D eigenvalue weighted by molar-refractivity contribution is 6.21. The van der Waals surface area contributed by atoms with Crippen LogP contribution in [0.15, 0.2) is 249 Å². The Balaban J connectivity index is 1.08. The van der Waals surface area contributed by atoms with Crippen molar-refractivity contribution < 1.29 is 0 Å². The molecule has 4 heterocycles. The first kappa shape index (κ1) is 40.0. The van der Waals surface area contributed by atoms with Crippen LogP contribution < -0.4 is 0 Å². The summed E-state index contributed by atoms with van der Waals surface area (Å²) in [4.78, 5) is 0. The summed E-state index contributed by atoms with van der Waals surface area (Å²) in [5, 5.41) is 21.1. The maximum absolute atomic E-state index is 11.9. The summed E-state index contributed by atoms with van der Waals surface area (Å²) in [6.07, 6.45) is 0. The molecule has 0 aliphatic rings. The van der Waals surface area contributed by atoms with Crippen LogP contribution in [0.1, 0.15) is 5.56 Å². The van der Waals surface area contributed by atoms with E-state index in [1.165, 1.54) is 10.8 Å². The van der Waals surface area contributed by atoms with Crippen molar-refractivity contribution in [1.29, 1.82) is 5.26 Å².